The molecule has 0 radical (unpaired) electrons. The number of benzene rings is 1. The molecule has 1 aromatic carbocycles. The Bertz CT molecular complexity index is 1220. The molecule has 1 saturated carbocycles. The van der Waals surface area contributed by atoms with E-state index in [4.69, 9.17) is 4.74 Å². The number of nitrogens with zero attached hydrogens (tertiary/aromatic N) is 4. The number of aromatic nitrogens is 4. The molecule has 4 rings (SSSR count). The highest BCUT2D eigenvalue weighted by Crippen LogP contribution is 2.28. The highest BCUT2D eigenvalue weighted by atomic mass is 19.1. The largest absolute Gasteiger partial charge is 0.464 e. The van der Waals surface area contributed by atoms with Crippen molar-refractivity contribution in [3.63, 3.8) is 0 Å². The van der Waals surface area contributed by atoms with Crippen LogP contribution in [0.1, 0.15) is 51.6 Å². The van der Waals surface area contributed by atoms with Gasteiger partial charge in [-0.2, -0.15) is 0 Å². The van der Waals surface area contributed by atoms with E-state index in [1.807, 2.05) is 0 Å². The summed E-state index contributed by atoms with van der Waals surface area (Å²) in [7, 11) is 0. The molecule has 2 heterocycles. The molecule has 1 aliphatic carbocycles. The number of carbonyl (C=O) groups excluding carboxylic acids is 1. The zero-order valence-electron chi connectivity index (χ0n) is 16.9. The van der Waals surface area contributed by atoms with Crippen molar-refractivity contribution in [1.29, 1.82) is 0 Å². The van der Waals surface area contributed by atoms with Crippen LogP contribution in [0.2, 0.25) is 0 Å². The minimum Gasteiger partial charge on any atom is -0.464 e. The first kappa shape index (κ1) is 20.1. The molecule has 9 heteroatoms. The van der Waals surface area contributed by atoms with Gasteiger partial charge in [-0.25, -0.2) is 23.5 Å². The molecule has 0 unspecified atom stereocenters. The van der Waals surface area contributed by atoms with Gasteiger partial charge in [-0.3, -0.25) is 9.36 Å². The molecule has 0 aliphatic heterocycles. The lowest BCUT2D eigenvalue weighted by Crippen LogP contribution is -2.42. The summed E-state index contributed by atoms with van der Waals surface area (Å²) in [5.41, 5.74) is -0.583. The summed E-state index contributed by atoms with van der Waals surface area (Å²) in [6, 6.07) is 4.53. The molecule has 0 amide bonds. The monoisotopic (exact) mass is 414 g/mol. The zero-order valence-corrected chi connectivity index (χ0v) is 16.9. The van der Waals surface area contributed by atoms with Gasteiger partial charge in [0.15, 0.2) is 11.2 Å². The average Bonchev–Trinajstić information content (AvgIpc) is 3.38. The fourth-order valence-electron chi connectivity index (χ4n) is 4.12. The van der Waals surface area contributed by atoms with Gasteiger partial charge in [0.25, 0.3) is 5.56 Å². The van der Waals surface area contributed by atoms with E-state index in [0.717, 1.165) is 12.8 Å². The smallest absolute Gasteiger partial charge is 0.337 e. The molecule has 0 spiro atoms. The van der Waals surface area contributed by atoms with Crippen LogP contribution in [0.4, 0.5) is 4.39 Å². The van der Waals surface area contributed by atoms with Gasteiger partial charge in [-0.1, -0.05) is 18.9 Å². The maximum atomic E-state index is 13.9. The lowest BCUT2D eigenvalue weighted by atomic mass is 10.2. The molecular formula is C21H23FN4O4. The molecular weight excluding hydrogens is 391 g/mol. The second kappa shape index (κ2) is 7.89. The summed E-state index contributed by atoms with van der Waals surface area (Å²) in [5, 5.41) is 0. The van der Waals surface area contributed by atoms with Crippen molar-refractivity contribution in [1.82, 2.24) is 18.7 Å². The third-order valence-electron chi connectivity index (χ3n) is 5.61. The molecule has 8 nitrogen and oxygen atoms in total. The Morgan fingerprint density at radius 2 is 2.03 bits per heavy atom. The van der Waals surface area contributed by atoms with Gasteiger partial charge < -0.3 is 9.30 Å². The number of rotatable bonds is 5. The van der Waals surface area contributed by atoms with Gasteiger partial charge in [0.1, 0.15) is 11.9 Å². The normalized spacial score (nSPS) is 15.6. The quantitative estimate of drug-likeness (QED) is 0.599. The van der Waals surface area contributed by atoms with Crippen LogP contribution < -0.4 is 11.2 Å². The molecule has 1 fully saturated rings. The zero-order chi connectivity index (χ0) is 21.4. The molecule has 30 heavy (non-hydrogen) atoms. The molecule has 2 aromatic heterocycles. The Balaban J connectivity index is 2.04. The topological polar surface area (TPSA) is 88.1 Å². The third-order valence-corrected chi connectivity index (χ3v) is 5.61. The van der Waals surface area contributed by atoms with E-state index in [2.05, 4.69) is 4.98 Å². The molecule has 0 saturated heterocycles. The maximum absolute atomic E-state index is 13.9. The number of hydrogen-bond acceptors (Lipinski definition) is 5. The second-order valence-corrected chi connectivity index (χ2v) is 7.46. The summed E-state index contributed by atoms with van der Waals surface area (Å²) >= 11 is 0. The minimum atomic E-state index is -0.807. The van der Waals surface area contributed by atoms with Gasteiger partial charge in [0.05, 0.1) is 18.6 Å². The van der Waals surface area contributed by atoms with Gasteiger partial charge in [0.2, 0.25) is 0 Å². The van der Waals surface area contributed by atoms with Crippen molar-refractivity contribution in [2.75, 3.05) is 6.61 Å². The van der Waals surface area contributed by atoms with Gasteiger partial charge in [-0.15, -0.1) is 0 Å². The molecule has 3 aromatic rings. The molecule has 158 valence electrons. The van der Waals surface area contributed by atoms with Crippen LogP contribution in [0, 0.1) is 5.82 Å². The summed E-state index contributed by atoms with van der Waals surface area (Å²) in [6.45, 7) is 3.51. The number of ether oxygens (including phenoxy) is 1. The SMILES string of the molecule is CCOC(=O)[C@H](C)n1cnc2c1c(=O)n(C1CCCC1)c(=O)n2-c1cccc(F)c1. The van der Waals surface area contributed by atoms with Crippen LogP contribution in [0.5, 0.6) is 0 Å². The van der Waals surface area contributed by atoms with E-state index in [1.165, 1.54) is 38.2 Å². The molecule has 1 atom stereocenters. The van der Waals surface area contributed by atoms with E-state index >= 15 is 0 Å². The van der Waals surface area contributed by atoms with Crippen LogP contribution in [-0.4, -0.2) is 31.3 Å². The van der Waals surface area contributed by atoms with Crippen LogP contribution in [0.25, 0.3) is 16.9 Å². The predicted molar refractivity (Wildman–Crippen MR) is 108 cm³/mol. The van der Waals surface area contributed by atoms with Crippen LogP contribution >= 0.6 is 0 Å². The summed E-state index contributed by atoms with van der Waals surface area (Å²) in [5.74, 6) is -1.02. The van der Waals surface area contributed by atoms with Crippen LogP contribution in [0.3, 0.4) is 0 Å². The average molecular weight is 414 g/mol. The highest BCUT2D eigenvalue weighted by molar-refractivity contribution is 5.79. The summed E-state index contributed by atoms with van der Waals surface area (Å²) < 4.78 is 22.9. The van der Waals surface area contributed by atoms with Crippen molar-refractivity contribution in [2.45, 2.75) is 51.6 Å². The third kappa shape index (κ3) is 3.24. The number of halogens is 1. The van der Waals surface area contributed by atoms with E-state index in [-0.39, 0.29) is 29.5 Å². The number of imidazole rings is 1. The van der Waals surface area contributed by atoms with Gasteiger partial charge >= 0.3 is 11.7 Å². The van der Waals surface area contributed by atoms with Crippen molar-refractivity contribution < 1.29 is 13.9 Å². The number of fused-ring (bicyclic) bond motifs is 1. The van der Waals surface area contributed by atoms with E-state index < -0.39 is 29.1 Å². The van der Waals surface area contributed by atoms with Crippen LogP contribution in [0.15, 0.2) is 40.2 Å². The summed E-state index contributed by atoms with van der Waals surface area (Å²) in [4.78, 5) is 43.4. The predicted octanol–water partition coefficient (Wildman–Crippen LogP) is 2.73. The Labute approximate surface area is 171 Å². The fraction of sp³-hybridized carbons (Fsp3) is 0.429. The lowest BCUT2D eigenvalue weighted by Gasteiger charge is -2.18. The van der Waals surface area contributed by atoms with Gasteiger partial charge in [-0.05, 0) is 44.9 Å². The lowest BCUT2D eigenvalue weighted by molar-refractivity contribution is -0.146. The number of hydrogen-bond donors (Lipinski definition) is 0. The van der Waals surface area contributed by atoms with Crippen molar-refractivity contribution in [2.24, 2.45) is 0 Å². The second-order valence-electron chi connectivity index (χ2n) is 7.46. The van der Waals surface area contributed by atoms with E-state index in [1.54, 1.807) is 19.9 Å². The maximum Gasteiger partial charge on any atom is 0.337 e. The minimum absolute atomic E-state index is 0.0843. The Kier molecular flexibility index (Phi) is 5.27. The van der Waals surface area contributed by atoms with Gasteiger partial charge in [0, 0.05) is 6.04 Å². The fourth-order valence-corrected chi connectivity index (χ4v) is 4.12. The first-order chi connectivity index (χ1) is 14.4. The van der Waals surface area contributed by atoms with Crippen molar-refractivity contribution in [3.05, 3.63) is 57.2 Å². The molecule has 0 N–H and O–H groups in total. The van der Waals surface area contributed by atoms with E-state index in [0.29, 0.717) is 12.8 Å². The molecule has 1 aliphatic rings. The highest BCUT2D eigenvalue weighted by Gasteiger charge is 2.28. The Morgan fingerprint density at radius 1 is 1.30 bits per heavy atom. The van der Waals surface area contributed by atoms with Crippen molar-refractivity contribution >= 4 is 17.1 Å². The number of esters is 1. The Morgan fingerprint density at radius 3 is 2.70 bits per heavy atom. The van der Waals surface area contributed by atoms with E-state index in [9.17, 15) is 18.8 Å². The van der Waals surface area contributed by atoms with Crippen LogP contribution in [-0.2, 0) is 9.53 Å². The standard InChI is InChI=1S/C21H23FN4O4/c1-3-30-20(28)13(2)24-12-23-18-17(24)19(27)26(15-8-4-5-9-15)21(29)25(18)16-10-6-7-14(22)11-16/h6-7,10-13,15H,3-5,8-9H2,1-2H3/t13-/m0/s1. The number of carbonyl (C=O) groups is 1. The first-order valence-corrected chi connectivity index (χ1v) is 10.1. The van der Waals surface area contributed by atoms with Crippen molar-refractivity contribution in [3.8, 4) is 5.69 Å². The Hall–Kier alpha value is -3.23. The molecule has 0 bridgehead atoms. The summed E-state index contributed by atoms with van der Waals surface area (Å²) in [6.07, 6.45) is 4.62. The first-order valence-electron chi connectivity index (χ1n) is 10.1.